The molecule has 23 heavy (non-hydrogen) atoms. The van der Waals surface area contributed by atoms with Crippen molar-refractivity contribution < 1.29 is 9.59 Å². The Morgan fingerprint density at radius 2 is 2.22 bits per heavy atom. The second-order valence-corrected chi connectivity index (χ2v) is 6.31. The Morgan fingerprint density at radius 1 is 1.48 bits per heavy atom. The third-order valence-corrected chi connectivity index (χ3v) is 4.18. The monoisotopic (exact) mass is 315 g/mol. The third-order valence-electron chi connectivity index (χ3n) is 4.18. The average molecular weight is 315 g/mol. The largest absolute Gasteiger partial charge is 0.368 e. The average Bonchev–Trinajstić information content (AvgIpc) is 3.32. The molecule has 0 aromatic rings. The van der Waals surface area contributed by atoms with Crippen LogP contribution in [-0.2, 0) is 9.59 Å². The molecule has 0 bridgehead atoms. The zero-order valence-corrected chi connectivity index (χ0v) is 13.6. The van der Waals surface area contributed by atoms with Gasteiger partial charge in [-0.15, -0.1) is 0 Å². The van der Waals surface area contributed by atoms with E-state index in [0.29, 0.717) is 18.6 Å². The fourth-order valence-corrected chi connectivity index (χ4v) is 2.73. The van der Waals surface area contributed by atoms with Crippen molar-refractivity contribution in [2.45, 2.75) is 51.5 Å². The second-order valence-electron chi connectivity index (χ2n) is 6.31. The van der Waals surface area contributed by atoms with Gasteiger partial charge in [0.05, 0.1) is 5.92 Å². The van der Waals surface area contributed by atoms with E-state index in [-0.39, 0.29) is 11.8 Å². The molecule has 0 spiro atoms. The molecule has 0 unspecified atom stereocenters. The number of unbranched alkanes of at least 4 members (excludes halogenated alkanes) is 1. The van der Waals surface area contributed by atoms with Crippen LogP contribution in [-0.4, -0.2) is 23.6 Å². The zero-order chi connectivity index (χ0) is 16.8. The molecule has 0 saturated heterocycles. The van der Waals surface area contributed by atoms with Crippen LogP contribution in [0.1, 0.15) is 45.4 Å². The van der Waals surface area contributed by atoms with Gasteiger partial charge >= 0.3 is 0 Å². The van der Waals surface area contributed by atoms with Gasteiger partial charge in [0.1, 0.15) is 6.04 Å². The van der Waals surface area contributed by atoms with Crippen molar-refractivity contribution in [3.63, 3.8) is 0 Å². The molecule has 1 aliphatic heterocycles. The number of carbonyl (C=O) groups excluding carboxylic acids is 2. The van der Waals surface area contributed by atoms with Crippen LogP contribution in [0, 0.1) is 11.3 Å². The maximum atomic E-state index is 12.1. The smallest absolute Gasteiger partial charge is 0.240 e. The first kappa shape index (κ1) is 17.2. The lowest BCUT2D eigenvalue weighted by Gasteiger charge is -2.14. The molecule has 0 saturated carbocycles. The van der Waals surface area contributed by atoms with Crippen molar-refractivity contribution in [3.8, 4) is 0 Å². The summed E-state index contributed by atoms with van der Waals surface area (Å²) in [6.45, 7) is 1.93. The van der Waals surface area contributed by atoms with Crippen LogP contribution in [0.15, 0.2) is 35.5 Å². The number of rotatable bonds is 8. The summed E-state index contributed by atoms with van der Waals surface area (Å²) in [6, 6.07) is -0.591. The van der Waals surface area contributed by atoms with Crippen molar-refractivity contribution in [3.05, 3.63) is 35.5 Å². The molecule has 2 amide bonds. The van der Waals surface area contributed by atoms with Crippen LogP contribution in [0.3, 0.4) is 0 Å². The van der Waals surface area contributed by atoms with Crippen LogP contribution >= 0.6 is 0 Å². The van der Waals surface area contributed by atoms with Gasteiger partial charge in [0, 0.05) is 12.1 Å². The lowest BCUT2D eigenvalue weighted by Crippen LogP contribution is -2.45. The van der Waals surface area contributed by atoms with E-state index < -0.39 is 11.9 Å². The summed E-state index contributed by atoms with van der Waals surface area (Å²) in [5.74, 6) is -0.789. The van der Waals surface area contributed by atoms with Gasteiger partial charge in [-0.3, -0.25) is 9.59 Å². The fraction of sp³-hybridized carbons (Fsp3) is 0.500. The lowest BCUT2D eigenvalue weighted by atomic mass is 9.98. The number of nitrogens with two attached hydrogens (primary N) is 1. The quantitative estimate of drug-likeness (QED) is 0.364. The molecule has 1 aliphatic carbocycles. The first-order valence-electron chi connectivity index (χ1n) is 8.16. The molecule has 4 N–H and O–H groups in total. The van der Waals surface area contributed by atoms with E-state index >= 15 is 0 Å². The van der Waals surface area contributed by atoms with Gasteiger partial charge in [0.25, 0.3) is 0 Å². The molecule has 5 nitrogen and oxygen atoms in total. The van der Waals surface area contributed by atoms with Gasteiger partial charge < -0.3 is 16.5 Å². The number of nitrogens with one attached hydrogen (secondary N) is 2. The molecule has 2 aliphatic rings. The van der Waals surface area contributed by atoms with Gasteiger partial charge in [-0.1, -0.05) is 29.9 Å². The first-order chi connectivity index (χ1) is 11.0. The highest BCUT2D eigenvalue weighted by atomic mass is 16.2. The normalized spacial score (nSPS) is 23.8. The third kappa shape index (κ3) is 5.51. The van der Waals surface area contributed by atoms with Gasteiger partial charge in [0.15, 0.2) is 0 Å². The van der Waals surface area contributed by atoms with Crippen molar-refractivity contribution in [1.29, 1.82) is 5.41 Å². The van der Waals surface area contributed by atoms with E-state index in [1.807, 2.05) is 19.1 Å². The Labute approximate surface area is 137 Å². The summed E-state index contributed by atoms with van der Waals surface area (Å²) in [7, 11) is 0. The van der Waals surface area contributed by atoms with Gasteiger partial charge in [-0.25, -0.2) is 0 Å². The Hall–Kier alpha value is -2.17. The van der Waals surface area contributed by atoms with Crippen LogP contribution in [0.4, 0.5) is 0 Å². The standard InChI is InChI=1S/C18H25N3O2/c1-12-10-14(18(23)21-16(11-12)17(20)22)6-4-2-3-5-7-15(19)13-8-9-13/h3,5,8,10,14,16,19H,2,4,6-7,9,11H2,1H3,(H2,20,22)(H,21,23)/b5-3+,19-15?/t14-,16-/m1/s1. The van der Waals surface area contributed by atoms with Gasteiger partial charge in [-0.05, 0) is 44.6 Å². The molecule has 124 valence electrons. The number of primary amides is 1. The molecular weight excluding hydrogens is 290 g/mol. The highest BCUT2D eigenvalue weighted by Crippen LogP contribution is 2.21. The zero-order valence-electron chi connectivity index (χ0n) is 13.6. The molecule has 2 atom stereocenters. The molecule has 0 radical (unpaired) electrons. The minimum atomic E-state index is -0.591. The SMILES string of the molecule is CC1=C[C@@H](CCC/C=C/CC(=N)C2=CC2)C(=O)N[C@@H](C(N)=O)C1. The highest BCUT2D eigenvalue weighted by molar-refractivity contribution is 6.02. The molecular formula is C18H25N3O2. The minimum Gasteiger partial charge on any atom is -0.368 e. The van der Waals surface area contributed by atoms with Crippen molar-refractivity contribution in [2.24, 2.45) is 11.7 Å². The highest BCUT2D eigenvalue weighted by Gasteiger charge is 2.26. The number of amides is 2. The van der Waals surface area contributed by atoms with E-state index in [4.69, 9.17) is 11.1 Å². The molecule has 0 fully saturated rings. The predicted molar refractivity (Wildman–Crippen MR) is 91.0 cm³/mol. The van der Waals surface area contributed by atoms with Crippen molar-refractivity contribution >= 4 is 17.5 Å². The summed E-state index contributed by atoms with van der Waals surface area (Å²) < 4.78 is 0. The molecule has 0 aromatic heterocycles. The van der Waals surface area contributed by atoms with E-state index in [0.717, 1.165) is 36.8 Å². The Bertz CT molecular complexity index is 587. The number of hydrogen-bond donors (Lipinski definition) is 3. The van der Waals surface area contributed by atoms with E-state index in [1.165, 1.54) is 0 Å². The summed E-state index contributed by atoms with van der Waals surface area (Å²) in [5.41, 5.74) is 8.20. The van der Waals surface area contributed by atoms with Crippen LogP contribution < -0.4 is 11.1 Å². The molecule has 1 heterocycles. The maximum Gasteiger partial charge on any atom is 0.240 e. The second kappa shape index (κ2) is 7.90. The predicted octanol–water partition coefficient (Wildman–Crippen LogP) is 2.39. The fourth-order valence-electron chi connectivity index (χ4n) is 2.73. The van der Waals surface area contributed by atoms with Gasteiger partial charge in [-0.2, -0.15) is 0 Å². The number of allylic oxidation sites excluding steroid dienone is 4. The van der Waals surface area contributed by atoms with Crippen LogP contribution in [0.5, 0.6) is 0 Å². The Morgan fingerprint density at radius 3 is 2.87 bits per heavy atom. The number of hydrogen-bond acceptors (Lipinski definition) is 3. The summed E-state index contributed by atoms with van der Waals surface area (Å²) >= 11 is 0. The van der Waals surface area contributed by atoms with E-state index in [2.05, 4.69) is 17.5 Å². The molecule has 5 heteroatoms. The van der Waals surface area contributed by atoms with E-state index in [1.54, 1.807) is 0 Å². The van der Waals surface area contributed by atoms with Crippen LogP contribution in [0.25, 0.3) is 0 Å². The van der Waals surface area contributed by atoms with Crippen molar-refractivity contribution in [1.82, 2.24) is 5.32 Å². The lowest BCUT2D eigenvalue weighted by molar-refractivity contribution is -0.128. The minimum absolute atomic E-state index is 0.114. The number of carbonyl (C=O) groups is 2. The van der Waals surface area contributed by atoms with Gasteiger partial charge in [0.2, 0.25) is 11.8 Å². The Balaban J connectivity index is 1.73. The van der Waals surface area contributed by atoms with Crippen molar-refractivity contribution in [2.75, 3.05) is 0 Å². The summed E-state index contributed by atoms with van der Waals surface area (Å²) in [6.07, 6.45) is 12.8. The van der Waals surface area contributed by atoms with Crippen LogP contribution in [0.2, 0.25) is 0 Å². The van der Waals surface area contributed by atoms with E-state index in [9.17, 15) is 9.59 Å². The molecule has 2 rings (SSSR count). The first-order valence-corrected chi connectivity index (χ1v) is 8.16. The maximum absolute atomic E-state index is 12.1. The molecule has 0 aromatic carbocycles. The Kier molecular flexibility index (Phi) is 5.90. The summed E-state index contributed by atoms with van der Waals surface area (Å²) in [5, 5.41) is 10.5. The topological polar surface area (TPSA) is 96.0 Å². The summed E-state index contributed by atoms with van der Waals surface area (Å²) in [4.78, 5) is 23.4.